The van der Waals surface area contributed by atoms with Crippen LogP contribution in [0.25, 0.3) is 0 Å². The zero-order valence-electron chi connectivity index (χ0n) is 9.98. The number of nitro benzene ring substituents is 1. The molecule has 0 fully saturated rings. The normalized spacial score (nSPS) is 10.3. The van der Waals surface area contributed by atoms with Gasteiger partial charge in [-0.3, -0.25) is 10.1 Å². The van der Waals surface area contributed by atoms with E-state index in [2.05, 4.69) is 15.9 Å². The van der Waals surface area contributed by atoms with Crippen LogP contribution in [0.2, 0.25) is 0 Å². The monoisotopic (exact) mass is 359 g/mol. The van der Waals surface area contributed by atoms with Crippen molar-refractivity contribution in [2.75, 3.05) is 0 Å². The lowest BCUT2D eigenvalue weighted by Crippen LogP contribution is -1.92. The summed E-state index contributed by atoms with van der Waals surface area (Å²) in [7, 11) is 0. The Labute approximate surface area is 127 Å². The highest BCUT2D eigenvalue weighted by Crippen LogP contribution is 2.33. The molecule has 2 aromatic rings. The van der Waals surface area contributed by atoms with Gasteiger partial charge in [-0.05, 0) is 39.7 Å². The van der Waals surface area contributed by atoms with Gasteiger partial charge in [-0.1, -0.05) is 0 Å². The summed E-state index contributed by atoms with van der Waals surface area (Å²) >= 11 is 8.87. The van der Waals surface area contributed by atoms with Crippen LogP contribution in [0.1, 0.15) is 5.56 Å². The van der Waals surface area contributed by atoms with Crippen molar-refractivity contribution in [3.63, 3.8) is 0 Å². The molecule has 7 heteroatoms. The van der Waals surface area contributed by atoms with Gasteiger partial charge in [-0.2, -0.15) is 0 Å². The Balaban J connectivity index is 2.36. The predicted octanol–water partition coefficient (Wildman–Crippen LogP) is 5.03. The van der Waals surface area contributed by atoms with Gasteiger partial charge in [0.2, 0.25) is 0 Å². The van der Waals surface area contributed by atoms with E-state index in [1.807, 2.05) is 0 Å². The van der Waals surface area contributed by atoms with E-state index in [1.54, 1.807) is 6.07 Å². The van der Waals surface area contributed by atoms with Gasteiger partial charge in [0.1, 0.15) is 17.3 Å². The summed E-state index contributed by atoms with van der Waals surface area (Å²) in [5.74, 6) is 0.108. The fraction of sp³-hybridized carbons (Fsp3) is 0.0769. The van der Waals surface area contributed by atoms with Crippen molar-refractivity contribution in [3.05, 3.63) is 62.4 Å². The maximum Gasteiger partial charge on any atom is 0.273 e. The SMILES string of the molecule is O=[N+]([O-])c1ccc(Br)c(Oc2cc(F)cc(CCl)c2)c1. The van der Waals surface area contributed by atoms with Gasteiger partial charge >= 0.3 is 0 Å². The van der Waals surface area contributed by atoms with E-state index in [-0.39, 0.29) is 23.1 Å². The summed E-state index contributed by atoms with van der Waals surface area (Å²) in [5.41, 5.74) is 0.445. The third kappa shape index (κ3) is 3.46. The van der Waals surface area contributed by atoms with Gasteiger partial charge in [0.25, 0.3) is 5.69 Å². The zero-order chi connectivity index (χ0) is 14.7. The third-order valence-electron chi connectivity index (χ3n) is 2.44. The Hall–Kier alpha value is -1.66. The molecule has 0 aliphatic heterocycles. The second kappa shape index (κ2) is 6.19. The highest BCUT2D eigenvalue weighted by atomic mass is 79.9. The van der Waals surface area contributed by atoms with Crippen LogP contribution in [-0.4, -0.2) is 4.92 Å². The number of halogens is 3. The van der Waals surface area contributed by atoms with Crippen LogP contribution in [-0.2, 0) is 5.88 Å². The average molecular weight is 361 g/mol. The molecule has 0 atom stereocenters. The average Bonchev–Trinajstić information content (AvgIpc) is 2.40. The molecule has 0 bridgehead atoms. The zero-order valence-corrected chi connectivity index (χ0v) is 12.3. The van der Waals surface area contributed by atoms with Gasteiger partial charge in [-0.15, -0.1) is 11.6 Å². The summed E-state index contributed by atoms with van der Waals surface area (Å²) in [6.45, 7) is 0. The molecule has 20 heavy (non-hydrogen) atoms. The number of nitrogens with zero attached hydrogens (tertiary/aromatic N) is 1. The first-order chi connectivity index (χ1) is 9.49. The van der Waals surface area contributed by atoms with Crippen molar-refractivity contribution >= 4 is 33.2 Å². The molecular weight excluding hydrogens is 353 g/mol. The number of hydrogen-bond acceptors (Lipinski definition) is 3. The first-order valence-electron chi connectivity index (χ1n) is 5.47. The Morgan fingerprint density at radius 1 is 1.30 bits per heavy atom. The number of hydrogen-bond donors (Lipinski definition) is 0. The molecule has 0 radical (unpaired) electrons. The number of rotatable bonds is 4. The van der Waals surface area contributed by atoms with Crippen molar-refractivity contribution in [1.82, 2.24) is 0 Å². The maximum atomic E-state index is 13.4. The lowest BCUT2D eigenvalue weighted by Gasteiger charge is -2.09. The van der Waals surface area contributed by atoms with Gasteiger partial charge in [0.15, 0.2) is 0 Å². The third-order valence-corrected chi connectivity index (χ3v) is 3.40. The molecule has 0 aliphatic carbocycles. The van der Waals surface area contributed by atoms with E-state index in [1.165, 1.54) is 30.3 Å². The molecule has 4 nitrogen and oxygen atoms in total. The van der Waals surface area contributed by atoms with Crippen LogP contribution in [0.5, 0.6) is 11.5 Å². The molecule has 0 N–H and O–H groups in total. The van der Waals surface area contributed by atoms with Crippen LogP contribution in [0.4, 0.5) is 10.1 Å². The molecule has 2 aromatic carbocycles. The van der Waals surface area contributed by atoms with Crippen LogP contribution in [0, 0.1) is 15.9 Å². The van der Waals surface area contributed by atoms with Crippen molar-refractivity contribution in [2.24, 2.45) is 0 Å². The van der Waals surface area contributed by atoms with Crippen molar-refractivity contribution < 1.29 is 14.1 Å². The summed E-state index contributed by atoms with van der Waals surface area (Å²) < 4.78 is 19.4. The number of non-ortho nitro benzene ring substituents is 1. The fourth-order valence-corrected chi connectivity index (χ4v) is 2.05. The Morgan fingerprint density at radius 3 is 2.70 bits per heavy atom. The Kier molecular flexibility index (Phi) is 4.57. The Morgan fingerprint density at radius 2 is 2.05 bits per heavy atom. The first-order valence-corrected chi connectivity index (χ1v) is 6.79. The lowest BCUT2D eigenvalue weighted by molar-refractivity contribution is -0.384. The molecule has 104 valence electrons. The number of ether oxygens (including phenoxy) is 1. The molecule has 0 saturated carbocycles. The topological polar surface area (TPSA) is 52.4 Å². The fourth-order valence-electron chi connectivity index (χ4n) is 1.57. The highest BCUT2D eigenvalue weighted by Gasteiger charge is 2.12. The summed E-state index contributed by atoms with van der Waals surface area (Å²) in [6, 6.07) is 8.14. The predicted molar refractivity (Wildman–Crippen MR) is 76.8 cm³/mol. The van der Waals surface area contributed by atoms with E-state index in [0.29, 0.717) is 10.0 Å². The van der Waals surface area contributed by atoms with Crippen molar-refractivity contribution in [3.8, 4) is 11.5 Å². The lowest BCUT2D eigenvalue weighted by atomic mass is 10.2. The molecule has 0 aromatic heterocycles. The molecule has 0 saturated heterocycles. The Bertz CT molecular complexity index is 666. The smallest absolute Gasteiger partial charge is 0.273 e. The maximum absolute atomic E-state index is 13.4. The van der Waals surface area contributed by atoms with Crippen LogP contribution in [0.15, 0.2) is 40.9 Å². The quantitative estimate of drug-likeness (QED) is 0.436. The van der Waals surface area contributed by atoms with E-state index in [0.717, 1.165) is 0 Å². The molecule has 0 spiro atoms. The summed E-state index contributed by atoms with van der Waals surface area (Å²) in [4.78, 5) is 10.2. The highest BCUT2D eigenvalue weighted by molar-refractivity contribution is 9.10. The number of nitro groups is 1. The largest absolute Gasteiger partial charge is 0.456 e. The molecule has 0 aliphatic rings. The second-order valence-corrected chi connectivity index (χ2v) is 5.02. The second-order valence-electron chi connectivity index (χ2n) is 3.90. The van der Waals surface area contributed by atoms with E-state index >= 15 is 0 Å². The molecule has 2 rings (SSSR count). The first kappa shape index (κ1) is 14.7. The summed E-state index contributed by atoms with van der Waals surface area (Å²) in [5, 5.41) is 10.7. The van der Waals surface area contributed by atoms with Gasteiger partial charge in [-0.25, -0.2) is 4.39 Å². The summed E-state index contributed by atoms with van der Waals surface area (Å²) in [6.07, 6.45) is 0. The minimum atomic E-state index is -0.533. The standard InChI is InChI=1S/C13H8BrClFNO3/c14-12-2-1-10(17(18)19)6-13(12)20-11-4-8(7-15)3-9(16)5-11/h1-6H,7H2. The van der Waals surface area contributed by atoms with E-state index in [9.17, 15) is 14.5 Å². The van der Waals surface area contributed by atoms with E-state index in [4.69, 9.17) is 16.3 Å². The van der Waals surface area contributed by atoms with Crippen LogP contribution in [0.3, 0.4) is 0 Å². The van der Waals surface area contributed by atoms with Gasteiger partial charge in [0, 0.05) is 18.0 Å². The molecular formula is C13H8BrClFNO3. The molecule has 0 unspecified atom stereocenters. The van der Waals surface area contributed by atoms with Gasteiger partial charge in [0.05, 0.1) is 15.5 Å². The molecule has 0 heterocycles. The minimum absolute atomic E-state index is 0.114. The van der Waals surface area contributed by atoms with Crippen molar-refractivity contribution in [1.29, 1.82) is 0 Å². The molecule has 0 amide bonds. The van der Waals surface area contributed by atoms with Gasteiger partial charge < -0.3 is 4.74 Å². The van der Waals surface area contributed by atoms with E-state index < -0.39 is 10.7 Å². The number of alkyl halides is 1. The number of benzene rings is 2. The van der Waals surface area contributed by atoms with Crippen LogP contribution < -0.4 is 4.74 Å². The van der Waals surface area contributed by atoms with Crippen LogP contribution >= 0.6 is 27.5 Å². The van der Waals surface area contributed by atoms with Crippen molar-refractivity contribution in [2.45, 2.75) is 5.88 Å². The minimum Gasteiger partial charge on any atom is -0.456 e.